The zero-order chi connectivity index (χ0) is 28.7. The van der Waals surface area contributed by atoms with Gasteiger partial charge in [-0.3, -0.25) is 0 Å². The summed E-state index contributed by atoms with van der Waals surface area (Å²) in [5.74, 6) is 0.982. The van der Waals surface area contributed by atoms with Crippen molar-refractivity contribution in [2.24, 2.45) is 11.7 Å². The number of H-pyrrole nitrogens is 1. The predicted molar refractivity (Wildman–Crippen MR) is 159 cm³/mol. The van der Waals surface area contributed by atoms with Gasteiger partial charge in [-0.15, -0.1) is 0 Å². The molecule has 0 saturated carbocycles. The topological polar surface area (TPSA) is 144 Å². The molecule has 0 bridgehead atoms. The molecule has 3 rings (SSSR count). The number of aryl methyl sites for hydroxylation is 1. The number of hydrogen-bond acceptors (Lipinski definition) is 7. The van der Waals surface area contributed by atoms with Crippen molar-refractivity contribution < 1.29 is 25.2 Å². The molecule has 1 aromatic carbocycles. The molecule has 0 spiro atoms. The van der Waals surface area contributed by atoms with Crippen LogP contribution in [0.25, 0.3) is 0 Å². The van der Waals surface area contributed by atoms with Crippen molar-refractivity contribution in [2.75, 3.05) is 13.2 Å². The number of allylic oxidation sites excluding steroid dienone is 2. The summed E-state index contributed by atoms with van der Waals surface area (Å²) >= 11 is 0. The van der Waals surface area contributed by atoms with E-state index < -0.39 is 18.3 Å². The number of nitrogens with one attached hydrogen (secondary N) is 2. The lowest BCUT2D eigenvalue weighted by atomic mass is 9.87. The number of aliphatic hydroxyl groups excluding tert-OH is 3. The van der Waals surface area contributed by atoms with Crippen molar-refractivity contribution in [3.8, 4) is 11.5 Å². The lowest BCUT2D eigenvalue weighted by Gasteiger charge is -2.26. The summed E-state index contributed by atoms with van der Waals surface area (Å²) in [4.78, 5) is 3.25. The van der Waals surface area contributed by atoms with Gasteiger partial charge >= 0.3 is 0 Å². The van der Waals surface area contributed by atoms with Crippen LogP contribution < -0.4 is 15.8 Å². The van der Waals surface area contributed by atoms with E-state index in [1.54, 1.807) is 12.1 Å². The van der Waals surface area contributed by atoms with Gasteiger partial charge in [0.2, 0.25) is 0 Å². The van der Waals surface area contributed by atoms with Crippen molar-refractivity contribution in [3.63, 3.8) is 0 Å². The molecule has 4 atom stereocenters. The van der Waals surface area contributed by atoms with Gasteiger partial charge in [-0.25, -0.2) is 0 Å². The Morgan fingerprint density at radius 2 is 1.82 bits per heavy atom. The fourth-order valence-electron chi connectivity index (χ4n) is 5.29. The first kappa shape index (κ1) is 31.6. The van der Waals surface area contributed by atoms with Gasteiger partial charge in [0.15, 0.2) is 11.5 Å². The number of ether oxygens (including phenoxy) is 1. The third-order valence-corrected chi connectivity index (χ3v) is 7.59. The summed E-state index contributed by atoms with van der Waals surface area (Å²) in [6.07, 6.45) is 13.5. The maximum absolute atomic E-state index is 10.5. The van der Waals surface area contributed by atoms with Gasteiger partial charge in [0.1, 0.15) is 6.10 Å². The molecule has 1 aliphatic rings. The second-order valence-electron chi connectivity index (χ2n) is 11.0. The molecule has 8 nitrogen and oxygen atoms in total. The van der Waals surface area contributed by atoms with E-state index in [9.17, 15) is 20.4 Å². The van der Waals surface area contributed by atoms with Crippen LogP contribution in [0.1, 0.15) is 76.0 Å². The summed E-state index contributed by atoms with van der Waals surface area (Å²) in [6.45, 7) is 2.63. The van der Waals surface area contributed by atoms with Gasteiger partial charge in [0.05, 0.1) is 24.6 Å². The molecule has 2 aromatic rings. The van der Waals surface area contributed by atoms with Crippen LogP contribution in [0.15, 0.2) is 60.1 Å². The Balaban J connectivity index is 1.56. The number of nitrogens with two attached hydrogens (primary N) is 1. The molecule has 4 unspecified atom stereocenters. The first-order chi connectivity index (χ1) is 19.4. The minimum absolute atomic E-state index is 0.00684. The van der Waals surface area contributed by atoms with Crippen molar-refractivity contribution in [2.45, 2.75) is 95.9 Å². The molecule has 40 heavy (non-hydrogen) atoms. The highest BCUT2D eigenvalue weighted by atomic mass is 16.5. The van der Waals surface area contributed by atoms with E-state index in [2.05, 4.69) is 23.3 Å². The smallest absolute Gasteiger partial charge is 0.161 e. The Labute approximate surface area is 239 Å². The molecule has 0 amide bonds. The monoisotopic (exact) mass is 555 g/mol. The number of phenols is 1. The Morgan fingerprint density at radius 1 is 1.02 bits per heavy atom. The summed E-state index contributed by atoms with van der Waals surface area (Å²) < 4.78 is 6.14. The maximum Gasteiger partial charge on any atom is 0.161 e. The summed E-state index contributed by atoms with van der Waals surface area (Å²) in [7, 11) is 0. The van der Waals surface area contributed by atoms with Gasteiger partial charge in [-0.1, -0.05) is 51.2 Å². The van der Waals surface area contributed by atoms with E-state index in [0.29, 0.717) is 43.8 Å². The number of aromatic hydroxyl groups is 1. The zero-order valence-electron chi connectivity index (χ0n) is 23.9. The van der Waals surface area contributed by atoms with Gasteiger partial charge < -0.3 is 41.2 Å². The molecular weight excluding hydrogens is 506 g/mol. The average Bonchev–Trinajstić information content (AvgIpc) is 3.45. The average molecular weight is 556 g/mol. The number of benzene rings is 1. The molecule has 1 aromatic heterocycles. The second-order valence-corrected chi connectivity index (χ2v) is 11.0. The molecule has 222 valence electrons. The molecule has 1 aliphatic heterocycles. The molecule has 8 N–H and O–H groups in total. The first-order valence-electron chi connectivity index (χ1n) is 14.9. The van der Waals surface area contributed by atoms with E-state index >= 15 is 0 Å². The number of aliphatic hydroxyl groups is 3. The van der Waals surface area contributed by atoms with Gasteiger partial charge in [-0.05, 0) is 85.9 Å². The number of phenolic OH excluding ortho intramolecular Hbond substituents is 1. The number of aromatic nitrogens is 1. The Hall–Kier alpha value is -2.94. The summed E-state index contributed by atoms with van der Waals surface area (Å²) in [6, 6.07) is 9.17. The summed E-state index contributed by atoms with van der Waals surface area (Å²) in [5, 5.41) is 44.6. The molecule has 2 heterocycles. The fourth-order valence-corrected chi connectivity index (χ4v) is 5.29. The third kappa shape index (κ3) is 10.9. The normalized spacial score (nSPS) is 16.4. The van der Waals surface area contributed by atoms with E-state index in [1.165, 1.54) is 19.3 Å². The van der Waals surface area contributed by atoms with E-state index in [1.807, 2.05) is 30.5 Å². The van der Waals surface area contributed by atoms with Crippen LogP contribution >= 0.6 is 0 Å². The van der Waals surface area contributed by atoms with E-state index in [-0.39, 0.29) is 18.3 Å². The largest absolute Gasteiger partial charge is 0.504 e. The van der Waals surface area contributed by atoms with E-state index in [4.69, 9.17) is 10.5 Å². The fraction of sp³-hybridized carbons (Fsp3) is 0.562. The van der Waals surface area contributed by atoms with Crippen LogP contribution in [0.3, 0.4) is 0 Å². The van der Waals surface area contributed by atoms with E-state index in [0.717, 1.165) is 42.5 Å². The minimum Gasteiger partial charge on any atom is -0.504 e. The zero-order valence-corrected chi connectivity index (χ0v) is 23.9. The highest BCUT2D eigenvalue weighted by Gasteiger charge is 2.23. The molecule has 0 saturated heterocycles. The molecular formula is C32H49N3O5. The standard InChI is InChI=1S/C32H49N3O5/c1-2-3-4-5-6-9-27(37)21-28(38)12-10-23-11-13-30(39)31(17-23)40-29(22-36)19-25(18-26-8-7-15-34-26)24-14-16-35-32(33)20-24/h7-8,11,13-15,17,20,25,27-29,34-39H,2-6,9-10,12,16,18-19,21-22,33H2,1H3. The van der Waals surface area contributed by atoms with Crippen LogP contribution in [0.5, 0.6) is 11.5 Å². The Bertz CT molecular complexity index is 1050. The Kier molecular flexibility index (Phi) is 13.4. The number of aromatic amines is 1. The quantitative estimate of drug-likeness (QED) is 0.127. The van der Waals surface area contributed by atoms with Gasteiger partial charge in [0.25, 0.3) is 0 Å². The lowest BCUT2D eigenvalue weighted by molar-refractivity contribution is 0.0696. The highest BCUT2D eigenvalue weighted by Crippen LogP contribution is 2.32. The number of hydrogen-bond donors (Lipinski definition) is 7. The van der Waals surface area contributed by atoms with Crippen LogP contribution in [-0.4, -0.2) is 56.9 Å². The number of unbranched alkanes of at least 4 members (excludes halogenated alkanes) is 4. The van der Waals surface area contributed by atoms with Crippen LogP contribution in [0.4, 0.5) is 0 Å². The van der Waals surface area contributed by atoms with Crippen molar-refractivity contribution >= 4 is 0 Å². The first-order valence-corrected chi connectivity index (χ1v) is 14.9. The van der Waals surface area contributed by atoms with Crippen molar-refractivity contribution in [3.05, 3.63) is 71.3 Å². The molecule has 0 radical (unpaired) electrons. The van der Waals surface area contributed by atoms with Gasteiger partial charge in [0, 0.05) is 18.4 Å². The summed E-state index contributed by atoms with van der Waals surface area (Å²) in [5.41, 5.74) is 9.11. The molecule has 0 fully saturated rings. The van der Waals surface area contributed by atoms with Crippen molar-refractivity contribution in [1.82, 2.24) is 10.3 Å². The minimum atomic E-state index is -0.596. The van der Waals surface area contributed by atoms with Crippen molar-refractivity contribution in [1.29, 1.82) is 0 Å². The van der Waals surface area contributed by atoms with Gasteiger partial charge in [-0.2, -0.15) is 0 Å². The molecule has 8 heteroatoms. The third-order valence-electron chi connectivity index (χ3n) is 7.59. The highest BCUT2D eigenvalue weighted by molar-refractivity contribution is 5.42. The second kappa shape index (κ2) is 17.0. The predicted octanol–water partition coefficient (Wildman–Crippen LogP) is 4.44. The molecule has 0 aliphatic carbocycles. The SMILES string of the molecule is CCCCCCCC(O)CC(O)CCc1ccc(O)c(OC(CO)CC(Cc2ccc[nH]2)C2=CCNC(N)=C2)c1. The number of dihydropyridines is 1. The maximum atomic E-state index is 10.5. The lowest BCUT2D eigenvalue weighted by Crippen LogP contribution is -2.29. The van der Waals surface area contributed by atoms with Crippen LogP contribution in [0, 0.1) is 5.92 Å². The Morgan fingerprint density at radius 3 is 2.55 bits per heavy atom. The van der Waals surface area contributed by atoms with Crippen LogP contribution in [-0.2, 0) is 12.8 Å². The number of rotatable bonds is 19. The van der Waals surface area contributed by atoms with Crippen LogP contribution in [0.2, 0.25) is 0 Å².